The van der Waals surface area contributed by atoms with Gasteiger partial charge in [0.25, 0.3) is 11.5 Å². The summed E-state index contributed by atoms with van der Waals surface area (Å²) in [5.74, 6) is -0.443. The number of thiazole rings is 1. The van der Waals surface area contributed by atoms with Crippen molar-refractivity contribution in [1.29, 1.82) is 0 Å². The van der Waals surface area contributed by atoms with Gasteiger partial charge in [0.2, 0.25) is 0 Å². The standard InChI is InChI=1S/C23H21N3O2S/c1-4-16-7-5-6-15(3)20(16)25-21(27)18-12-24-23-26(22(18)28)19(13-29-23)17-10-8-14(2)9-11-17/h5-13H,4H2,1-3H3,(H,25,27). The summed E-state index contributed by atoms with van der Waals surface area (Å²) in [6.07, 6.45) is 2.15. The number of nitrogens with one attached hydrogen (secondary N) is 1. The lowest BCUT2D eigenvalue weighted by molar-refractivity contribution is 0.102. The van der Waals surface area contributed by atoms with Crippen molar-refractivity contribution in [3.8, 4) is 11.3 Å². The van der Waals surface area contributed by atoms with Crippen molar-refractivity contribution in [3.05, 3.63) is 86.6 Å². The fraction of sp³-hybridized carbons (Fsp3) is 0.174. The van der Waals surface area contributed by atoms with Crippen LogP contribution < -0.4 is 10.9 Å². The summed E-state index contributed by atoms with van der Waals surface area (Å²) in [6.45, 7) is 5.99. The van der Waals surface area contributed by atoms with Gasteiger partial charge in [-0.3, -0.25) is 14.0 Å². The number of carbonyl (C=O) groups is 1. The Morgan fingerprint density at radius 1 is 1.14 bits per heavy atom. The van der Waals surface area contributed by atoms with E-state index in [1.54, 1.807) is 0 Å². The highest BCUT2D eigenvalue weighted by Gasteiger charge is 2.18. The first-order valence-electron chi connectivity index (χ1n) is 9.45. The molecule has 1 N–H and O–H groups in total. The van der Waals surface area contributed by atoms with Crippen LogP contribution in [0.5, 0.6) is 0 Å². The second kappa shape index (κ2) is 7.64. The van der Waals surface area contributed by atoms with Crippen molar-refractivity contribution in [2.45, 2.75) is 27.2 Å². The lowest BCUT2D eigenvalue weighted by Crippen LogP contribution is -2.27. The molecule has 2 aromatic carbocycles. The Hall–Kier alpha value is -3.25. The van der Waals surface area contributed by atoms with Gasteiger partial charge in [-0.05, 0) is 37.0 Å². The number of anilines is 1. The van der Waals surface area contributed by atoms with Crippen LogP contribution in [0.2, 0.25) is 0 Å². The third kappa shape index (κ3) is 3.47. The van der Waals surface area contributed by atoms with Gasteiger partial charge in [-0.1, -0.05) is 55.0 Å². The molecular weight excluding hydrogens is 382 g/mol. The largest absolute Gasteiger partial charge is 0.321 e. The molecule has 0 radical (unpaired) electrons. The number of aromatic nitrogens is 2. The first-order chi connectivity index (χ1) is 14.0. The van der Waals surface area contributed by atoms with E-state index in [0.717, 1.165) is 40.1 Å². The van der Waals surface area contributed by atoms with Gasteiger partial charge in [0, 0.05) is 17.3 Å². The molecule has 0 bridgehead atoms. The Labute approximate surface area is 172 Å². The molecule has 1 amide bonds. The molecule has 0 aliphatic carbocycles. The second-order valence-electron chi connectivity index (χ2n) is 7.00. The zero-order valence-corrected chi connectivity index (χ0v) is 17.3. The van der Waals surface area contributed by atoms with E-state index in [1.165, 1.54) is 21.9 Å². The molecule has 146 valence electrons. The average Bonchev–Trinajstić information content (AvgIpc) is 3.15. The van der Waals surface area contributed by atoms with Crippen LogP contribution >= 0.6 is 11.3 Å². The number of para-hydroxylation sites is 1. The van der Waals surface area contributed by atoms with Crippen molar-refractivity contribution >= 4 is 27.9 Å². The minimum atomic E-state index is -0.443. The maximum Gasteiger partial charge on any atom is 0.271 e. The van der Waals surface area contributed by atoms with Gasteiger partial charge in [0.1, 0.15) is 5.56 Å². The highest BCUT2D eigenvalue weighted by molar-refractivity contribution is 7.15. The molecule has 0 spiro atoms. The Bertz CT molecular complexity index is 1270. The first kappa shape index (κ1) is 19.1. The van der Waals surface area contributed by atoms with Crippen molar-refractivity contribution in [1.82, 2.24) is 9.38 Å². The summed E-state index contributed by atoms with van der Waals surface area (Å²) in [7, 11) is 0. The topological polar surface area (TPSA) is 63.5 Å². The number of benzene rings is 2. The Morgan fingerprint density at radius 3 is 2.62 bits per heavy atom. The molecular formula is C23H21N3O2S. The predicted molar refractivity (Wildman–Crippen MR) is 118 cm³/mol. The lowest BCUT2D eigenvalue weighted by atomic mass is 10.1. The van der Waals surface area contributed by atoms with Crippen molar-refractivity contribution in [2.75, 3.05) is 5.32 Å². The lowest BCUT2D eigenvalue weighted by Gasteiger charge is -2.13. The third-order valence-electron chi connectivity index (χ3n) is 5.02. The van der Waals surface area contributed by atoms with Crippen LogP contribution in [0.4, 0.5) is 5.69 Å². The smallest absolute Gasteiger partial charge is 0.271 e. The molecule has 2 heterocycles. The molecule has 0 unspecified atom stereocenters. The van der Waals surface area contributed by atoms with E-state index in [9.17, 15) is 9.59 Å². The van der Waals surface area contributed by atoms with Crippen LogP contribution in [0.25, 0.3) is 16.2 Å². The number of fused-ring (bicyclic) bond motifs is 1. The normalized spacial score (nSPS) is 11.0. The van der Waals surface area contributed by atoms with Crippen molar-refractivity contribution < 1.29 is 4.79 Å². The number of nitrogens with zero attached hydrogens (tertiary/aromatic N) is 2. The molecule has 2 aromatic heterocycles. The molecule has 4 rings (SSSR count). The zero-order chi connectivity index (χ0) is 20.5. The Morgan fingerprint density at radius 2 is 1.90 bits per heavy atom. The van der Waals surface area contributed by atoms with Crippen molar-refractivity contribution in [2.24, 2.45) is 0 Å². The molecule has 6 heteroatoms. The summed E-state index contributed by atoms with van der Waals surface area (Å²) in [5, 5.41) is 4.82. The summed E-state index contributed by atoms with van der Waals surface area (Å²) >= 11 is 1.38. The van der Waals surface area contributed by atoms with Crippen LogP contribution in [0.15, 0.2) is 58.8 Å². The number of hydrogen-bond donors (Lipinski definition) is 1. The minimum absolute atomic E-state index is 0.0274. The summed E-state index contributed by atoms with van der Waals surface area (Å²) in [6, 6.07) is 13.8. The fourth-order valence-corrected chi connectivity index (χ4v) is 4.22. The molecule has 29 heavy (non-hydrogen) atoms. The molecule has 0 aliphatic rings. The number of hydrogen-bond acceptors (Lipinski definition) is 4. The maximum absolute atomic E-state index is 13.2. The van der Waals surface area contributed by atoms with Crippen LogP contribution in [-0.4, -0.2) is 15.3 Å². The summed E-state index contributed by atoms with van der Waals surface area (Å²) in [5.41, 5.74) is 5.21. The number of rotatable bonds is 4. The quantitative estimate of drug-likeness (QED) is 0.530. The Kier molecular flexibility index (Phi) is 5.03. The molecule has 0 saturated heterocycles. The van der Waals surface area contributed by atoms with Gasteiger partial charge >= 0.3 is 0 Å². The monoisotopic (exact) mass is 403 g/mol. The molecule has 0 aliphatic heterocycles. The number of amides is 1. The Balaban J connectivity index is 1.78. The van der Waals surface area contributed by atoms with Crippen LogP contribution in [0, 0.1) is 13.8 Å². The van der Waals surface area contributed by atoms with Gasteiger partial charge in [-0.25, -0.2) is 4.98 Å². The van der Waals surface area contributed by atoms with Crippen LogP contribution in [0.1, 0.15) is 34.0 Å². The van der Waals surface area contributed by atoms with E-state index in [-0.39, 0.29) is 11.1 Å². The third-order valence-corrected chi connectivity index (χ3v) is 5.86. The van der Waals surface area contributed by atoms with Gasteiger partial charge in [0.15, 0.2) is 4.96 Å². The highest BCUT2D eigenvalue weighted by atomic mass is 32.1. The summed E-state index contributed by atoms with van der Waals surface area (Å²) < 4.78 is 1.52. The van der Waals surface area contributed by atoms with E-state index in [2.05, 4.69) is 10.3 Å². The van der Waals surface area contributed by atoms with Gasteiger partial charge in [0.05, 0.1) is 5.69 Å². The maximum atomic E-state index is 13.2. The molecule has 0 saturated carbocycles. The second-order valence-corrected chi connectivity index (χ2v) is 7.84. The zero-order valence-electron chi connectivity index (χ0n) is 16.5. The number of carbonyl (C=O) groups excluding carboxylic acids is 1. The van der Waals surface area contributed by atoms with E-state index in [1.807, 2.05) is 68.6 Å². The average molecular weight is 404 g/mol. The molecule has 0 atom stereocenters. The fourth-order valence-electron chi connectivity index (χ4n) is 3.36. The molecule has 4 aromatic rings. The van der Waals surface area contributed by atoms with Crippen molar-refractivity contribution in [3.63, 3.8) is 0 Å². The van der Waals surface area contributed by atoms with E-state index < -0.39 is 5.91 Å². The van der Waals surface area contributed by atoms with E-state index in [0.29, 0.717) is 4.96 Å². The molecule has 5 nitrogen and oxygen atoms in total. The minimum Gasteiger partial charge on any atom is -0.321 e. The van der Waals surface area contributed by atoms with Gasteiger partial charge in [-0.15, -0.1) is 11.3 Å². The summed E-state index contributed by atoms with van der Waals surface area (Å²) in [4.78, 5) is 31.1. The van der Waals surface area contributed by atoms with Crippen LogP contribution in [-0.2, 0) is 6.42 Å². The molecule has 0 fully saturated rings. The van der Waals surface area contributed by atoms with Gasteiger partial charge < -0.3 is 5.32 Å². The highest BCUT2D eigenvalue weighted by Crippen LogP contribution is 2.25. The van der Waals surface area contributed by atoms with Gasteiger partial charge in [-0.2, -0.15) is 0 Å². The number of aryl methyl sites for hydroxylation is 3. The SMILES string of the molecule is CCc1cccc(C)c1NC(=O)c1cnc2scc(-c3ccc(C)cc3)n2c1=O. The van der Waals surface area contributed by atoms with E-state index >= 15 is 0 Å². The predicted octanol–water partition coefficient (Wildman–Crippen LogP) is 4.85. The first-order valence-corrected chi connectivity index (χ1v) is 10.3. The van der Waals surface area contributed by atoms with Crippen LogP contribution in [0.3, 0.4) is 0 Å². The van der Waals surface area contributed by atoms with E-state index in [4.69, 9.17) is 0 Å².